The Morgan fingerprint density at radius 3 is 2.92 bits per heavy atom. The number of benzene rings is 1. The molecule has 0 bridgehead atoms. The first-order valence-electron chi connectivity index (χ1n) is 8.13. The highest BCUT2D eigenvalue weighted by molar-refractivity contribution is 6.33. The first-order valence-corrected chi connectivity index (χ1v) is 8.51. The van der Waals surface area contributed by atoms with Crippen LogP contribution in [0.25, 0.3) is 22.2 Å². The third kappa shape index (κ3) is 2.99. The lowest BCUT2D eigenvalue weighted by Crippen LogP contribution is -2.22. The molecule has 0 saturated carbocycles. The zero-order chi connectivity index (χ0) is 17.4. The van der Waals surface area contributed by atoms with E-state index in [1.165, 1.54) is 4.57 Å². The molecule has 0 unspecified atom stereocenters. The number of hydrogen-bond acceptors (Lipinski definition) is 5. The SMILES string of the molecule is Cn1c(=O)c(-c2ccccc2Cl)cc2cnc(N[C@@H]3CCCO3)nc21. The number of aromatic nitrogens is 3. The van der Waals surface area contributed by atoms with Gasteiger partial charge in [-0.15, -0.1) is 0 Å². The minimum Gasteiger partial charge on any atom is -0.359 e. The van der Waals surface area contributed by atoms with Gasteiger partial charge >= 0.3 is 0 Å². The smallest absolute Gasteiger partial charge is 0.259 e. The molecule has 0 radical (unpaired) electrons. The fourth-order valence-electron chi connectivity index (χ4n) is 3.02. The van der Waals surface area contributed by atoms with E-state index in [1.807, 2.05) is 18.2 Å². The van der Waals surface area contributed by atoms with E-state index < -0.39 is 0 Å². The predicted molar refractivity (Wildman–Crippen MR) is 97.8 cm³/mol. The summed E-state index contributed by atoms with van der Waals surface area (Å²) in [4.78, 5) is 21.6. The molecule has 3 aromatic rings. The summed E-state index contributed by atoms with van der Waals surface area (Å²) in [5.74, 6) is 0.458. The summed E-state index contributed by atoms with van der Waals surface area (Å²) in [7, 11) is 1.70. The number of nitrogens with zero attached hydrogens (tertiary/aromatic N) is 3. The van der Waals surface area contributed by atoms with E-state index in [0.29, 0.717) is 27.7 Å². The molecule has 2 aromatic heterocycles. The summed E-state index contributed by atoms with van der Waals surface area (Å²) >= 11 is 6.25. The molecule has 0 aliphatic carbocycles. The van der Waals surface area contributed by atoms with Gasteiger partial charge in [0.25, 0.3) is 5.56 Å². The molecular formula is C18H17ClN4O2. The van der Waals surface area contributed by atoms with Gasteiger partial charge in [-0.25, -0.2) is 4.98 Å². The Labute approximate surface area is 149 Å². The van der Waals surface area contributed by atoms with E-state index in [4.69, 9.17) is 16.3 Å². The number of pyridine rings is 1. The molecule has 1 aliphatic heterocycles. The van der Waals surface area contributed by atoms with E-state index in [2.05, 4.69) is 15.3 Å². The Hall–Kier alpha value is -2.44. The van der Waals surface area contributed by atoms with Crippen molar-refractivity contribution in [3.8, 4) is 11.1 Å². The third-order valence-corrected chi connectivity index (χ3v) is 4.66. The maximum atomic E-state index is 12.8. The highest BCUT2D eigenvalue weighted by atomic mass is 35.5. The summed E-state index contributed by atoms with van der Waals surface area (Å²) in [5.41, 5.74) is 1.65. The quantitative estimate of drug-likeness (QED) is 0.780. The van der Waals surface area contributed by atoms with Gasteiger partial charge in [0.05, 0.1) is 0 Å². The van der Waals surface area contributed by atoms with Gasteiger partial charge in [-0.05, 0) is 25.0 Å². The van der Waals surface area contributed by atoms with Crippen LogP contribution in [0.2, 0.25) is 5.02 Å². The zero-order valence-corrected chi connectivity index (χ0v) is 14.5. The molecule has 1 N–H and O–H groups in total. The summed E-state index contributed by atoms with van der Waals surface area (Å²) < 4.78 is 7.06. The second kappa shape index (κ2) is 6.46. The number of hydrogen-bond donors (Lipinski definition) is 1. The van der Waals surface area contributed by atoms with Crippen molar-refractivity contribution >= 4 is 28.6 Å². The molecule has 6 nitrogen and oxygen atoms in total. The van der Waals surface area contributed by atoms with Crippen molar-refractivity contribution in [1.29, 1.82) is 0 Å². The van der Waals surface area contributed by atoms with Crippen molar-refractivity contribution in [2.24, 2.45) is 7.05 Å². The topological polar surface area (TPSA) is 69.0 Å². The molecule has 25 heavy (non-hydrogen) atoms. The molecule has 128 valence electrons. The van der Waals surface area contributed by atoms with Crippen molar-refractivity contribution < 1.29 is 4.74 Å². The molecular weight excluding hydrogens is 340 g/mol. The standard InChI is InChI=1S/C18H17ClN4O2/c1-23-16-11(10-20-18(22-16)21-15-7-4-8-25-15)9-13(17(23)24)12-5-2-3-6-14(12)19/h2-3,5-6,9-10,15H,4,7-8H2,1H3,(H,20,21,22)/t15-/m0/s1. The lowest BCUT2D eigenvalue weighted by molar-refractivity contribution is 0.131. The summed E-state index contributed by atoms with van der Waals surface area (Å²) in [6.45, 7) is 0.741. The fourth-order valence-corrected chi connectivity index (χ4v) is 3.26. The summed E-state index contributed by atoms with van der Waals surface area (Å²) in [6.07, 6.45) is 3.58. The van der Waals surface area contributed by atoms with Crippen LogP contribution in [0, 0.1) is 0 Å². The van der Waals surface area contributed by atoms with E-state index in [1.54, 1.807) is 25.4 Å². The lowest BCUT2D eigenvalue weighted by atomic mass is 10.1. The summed E-state index contributed by atoms with van der Waals surface area (Å²) in [6, 6.07) is 9.08. The fraction of sp³-hybridized carbons (Fsp3) is 0.278. The molecule has 1 aromatic carbocycles. The molecule has 4 rings (SSSR count). The van der Waals surface area contributed by atoms with Gasteiger partial charge in [0.1, 0.15) is 11.9 Å². The van der Waals surface area contributed by atoms with Crippen LogP contribution >= 0.6 is 11.6 Å². The minimum atomic E-state index is -0.151. The largest absolute Gasteiger partial charge is 0.359 e. The number of halogens is 1. The van der Waals surface area contributed by atoms with E-state index in [-0.39, 0.29) is 11.8 Å². The van der Waals surface area contributed by atoms with Crippen molar-refractivity contribution in [3.63, 3.8) is 0 Å². The number of fused-ring (bicyclic) bond motifs is 1. The highest BCUT2D eigenvalue weighted by Gasteiger charge is 2.17. The van der Waals surface area contributed by atoms with Crippen LogP contribution in [0.5, 0.6) is 0 Å². The van der Waals surface area contributed by atoms with Gasteiger partial charge in [-0.1, -0.05) is 29.8 Å². The Bertz CT molecular complexity index is 996. The van der Waals surface area contributed by atoms with Gasteiger partial charge in [0, 0.05) is 41.4 Å². The van der Waals surface area contributed by atoms with Crippen molar-refractivity contribution in [2.45, 2.75) is 19.1 Å². The second-order valence-electron chi connectivity index (χ2n) is 6.02. The number of rotatable bonds is 3. The Morgan fingerprint density at radius 1 is 1.32 bits per heavy atom. The molecule has 1 aliphatic rings. The van der Waals surface area contributed by atoms with Crippen LogP contribution in [0.4, 0.5) is 5.95 Å². The average Bonchev–Trinajstić information content (AvgIpc) is 3.12. The van der Waals surface area contributed by atoms with Crippen LogP contribution < -0.4 is 10.9 Å². The maximum Gasteiger partial charge on any atom is 0.259 e. The first kappa shape index (κ1) is 16.1. The Morgan fingerprint density at radius 2 is 2.16 bits per heavy atom. The minimum absolute atomic E-state index is 0.0723. The average molecular weight is 357 g/mol. The monoisotopic (exact) mass is 356 g/mol. The molecule has 0 spiro atoms. The number of nitrogens with one attached hydrogen (secondary N) is 1. The van der Waals surface area contributed by atoms with Crippen LogP contribution in [0.15, 0.2) is 41.3 Å². The normalized spacial score (nSPS) is 17.1. The van der Waals surface area contributed by atoms with Gasteiger partial charge in [0.2, 0.25) is 5.95 Å². The van der Waals surface area contributed by atoms with Crippen molar-refractivity contribution in [3.05, 3.63) is 51.9 Å². The first-order chi connectivity index (χ1) is 12.1. The van der Waals surface area contributed by atoms with Crippen LogP contribution in [0.3, 0.4) is 0 Å². The number of anilines is 1. The lowest BCUT2D eigenvalue weighted by Gasteiger charge is -2.13. The zero-order valence-electron chi connectivity index (χ0n) is 13.7. The Kier molecular flexibility index (Phi) is 4.15. The second-order valence-corrected chi connectivity index (χ2v) is 6.43. The third-order valence-electron chi connectivity index (χ3n) is 4.33. The number of aryl methyl sites for hydroxylation is 1. The molecule has 1 atom stereocenters. The van der Waals surface area contributed by atoms with Crippen LogP contribution in [-0.4, -0.2) is 27.4 Å². The van der Waals surface area contributed by atoms with Gasteiger partial charge in [-0.3, -0.25) is 9.36 Å². The predicted octanol–water partition coefficient (Wildman–Crippen LogP) is 3.20. The molecule has 7 heteroatoms. The van der Waals surface area contributed by atoms with Gasteiger partial charge in [0.15, 0.2) is 0 Å². The van der Waals surface area contributed by atoms with Gasteiger partial charge in [-0.2, -0.15) is 4.98 Å². The summed E-state index contributed by atoms with van der Waals surface area (Å²) in [5, 5.41) is 4.47. The van der Waals surface area contributed by atoms with Crippen molar-refractivity contribution in [2.75, 3.05) is 11.9 Å². The maximum absolute atomic E-state index is 12.8. The van der Waals surface area contributed by atoms with Gasteiger partial charge < -0.3 is 10.1 Å². The molecule has 0 amide bonds. The molecule has 3 heterocycles. The van der Waals surface area contributed by atoms with Crippen molar-refractivity contribution in [1.82, 2.24) is 14.5 Å². The molecule has 1 fully saturated rings. The van der Waals surface area contributed by atoms with E-state index in [9.17, 15) is 4.79 Å². The number of ether oxygens (including phenoxy) is 1. The van der Waals surface area contributed by atoms with Crippen LogP contribution in [-0.2, 0) is 11.8 Å². The molecule has 1 saturated heterocycles. The van der Waals surface area contributed by atoms with E-state index in [0.717, 1.165) is 24.8 Å². The van der Waals surface area contributed by atoms with E-state index >= 15 is 0 Å². The Balaban J connectivity index is 1.80. The highest BCUT2D eigenvalue weighted by Crippen LogP contribution is 2.27. The van der Waals surface area contributed by atoms with Crippen LogP contribution in [0.1, 0.15) is 12.8 Å².